The minimum Gasteiger partial charge on any atom is -0.466 e. The van der Waals surface area contributed by atoms with E-state index in [1.54, 1.807) is 17.0 Å². The lowest BCUT2D eigenvalue weighted by atomic mass is 10.1. The summed E-state index contributed by atoms with van der Waals surface area (Å²) in [6.07, 6.45) is 8.13. The molecule has 0 radical (unpaired) electrons. The number of rotatable bonds is 12. The van der Waals surface area contributed by atoms with Gasteiger partial charge in [-0.05, 0) is 12.5 Å². The predicted molar refractivity (Wildman–Crippen MR) is 110 cm³/mol. The molecule has 1 aromatic heterocycles. The van der Waals surface area contributed by atoms with Crippen molar-refractivity contribution in [1.29, 1.82) is 0 Å². The van der Waals surface area contributed by atoms with Crippen LogP contribution in [0.2, 0.25) is 0 Å². The minimum absolute atomic E-state index is 0.0154. The number of carbonyl (C=O) groups excluding carboxylic acids is 3. The average Bonchev–Trinajstić information content (AvgIpc) is 3.25. The van der Waals surface area contributed by atoms with E-state index >= 15 is 0 Å². The zero-order valence-corrected chi connectivity index (χ0v) is 17.5. The predicted octanol–water partition coefficient (Wildman–Crippen LogP) is 3.53. The summed E-state index contributed by atoms with van der Waals surface area (Å²) < 4.78 is 10.7. The minimum atomic E-state index is -0.552. The summed E-state index contributed by atoms with van der Waals surface area (Å²) in [5.74, 6) is 0.205. The molecule has 0 aromatic carbocycles. The highest BCUT2D eigenvalue weighted by atomic mass is 16.5. The number of hydrogen-bond donors (Lipinski definition) is 1. The quantitative estimate of drug-likeness (QED) is 0.248. The van der Waals surface area contributed by atoms with Crippen LogP contribution in [0.3, 0.4) is 0 Å². The van der Waals surface area contributed by atoms with E-state index in [1.165, 1.54) is 25.3 Å². The second-order valence-electron chi connectivity index (χ2n) is 7.25. The number of hydrogen-bond acceptors (Lipinski definition) is 6. The van der Waals surface area contributed by atoms with Crippen LogP contribution in [-0.2, 0) is 14.3 Å². The molecule has 1 saturated heterocycles. The number of nitrogens with one attached hydrogen (secondary N) is 1. The van der Waals surface area contributed by atoms with Crippen LogP contribution < -0.4 is 10.2 Å². The number of anilines is 1. The molecule has 1 N–H and O–H groups in total. The number of amides is 3. The van der Waals surface area contributed by atoms with Gasteiger partial charge in [0.25, 0.3) is 5.91 Å². The number of esters is 1. The number of unbranched alkanes of at least 4 members (excludes halogenated alkanes) is 5. The molecule has 160 valence electrons. The summed E-state index contributed by atoms with van der Waals surface area (Å²) in [6, 6.07) is 2.93. The van der Waals surface area contributed by atoms with Gasteiger partial charge in [0.1, 0.15) is 11.5 Å². The third-order valence-electron chi connectivity index (χ3n) is 4.60. The fourth-order valence-corrected chi connectivity index (χ4v) is 2.92. The van der Waals surface area contributed by atoms with Gasteiger partial charge in [0.2, 0.25) is 0 Å². The Morgan fingerprint density at radius 3 is 2.59 bits per heavy atom. The molecule has 0 spiro atoms. The summed E-state index contributed by atoms with van der Waals surface area (Å²) in [4.78, 5) is 39.1. The van der Waals surface area contributed by atoms with Crippen LogP contribution in [0.25, 0.3) is 6.08 Å². The van der Waals surface area contributed by atoms with Crippen LogP contribution in [0.1, 0.15) is 57.6 Å². The first-order valence-electron chi connectivity index (χ1n) is 10.2. The van der Waals surface area contributed by atoms with Crippen molar-refractivity contribution in [2.75, 3.05) is 32.1 Å². The molecule has 8 nitrogen and oxygen atoms in total. The topological polar surface area (TPSA) is 92.1 Å². The monoisotopic (exact) mass is 405 g/mol. The number of nitrogens with zero attached hydrogens (tertiary/aromatic N) is 2. The van der Waals surface area contributed by atoms with Crippen molar-refractivity contribution in [3.63, 3.8) is 0 Å². The number of ether oxygens (including phenoxy) is 1. The van der Waals surface area contributed by atoms with Gasteiger partial charge in [0.05, 0.1) is 13.0 Å². The van der Waals surface area contributed by atoms with E-state index in [2.05, 4.69) is 12.2 Å². The second-order valence-corrected chi connectivity index (χ2v) is 7.25. The molecule has 1 aliphatic rings. The number of imide groups is 1. The number of carbonyl (C=O) groups is 3. The van der Waals surface area contributed by atoms with Crippen molar-refractivity contribution in [3.05, 3.63) is 23.6 Å². The lowest BCUT2D eigenvalue weighted by molar-refractivity contribution is -0.144. The van der Waals surface area contributed by atoms with Crippen molar-refractivity contribution in [1.82, 2.24) is 10.2 Å². The highest BCUT2D eigenvalue weighted by molar-refractivity contribution is 6.13. The maximum atomic E-state index is 12.4. The third-order valence-corrected chi connectivity index (χ3v) is 4.60. The zero-order chi connectivity index (χ0) is 21.2. The zero-order valence-electron chi connectivity index (χ0n) is 17.5. The van der Waals surface area contributed by atoms with Gasteiger partial charge in [-0.2, -0.15) is 0 Å². The highest BCUT2D eigenvalue weighted by Gasteiger charge is 2.34. The standard InChI is InChI=1S/C21H31N3O5/c1-4-5-6-7-8-9-14-28-19(25)12-13-24-20(26)17(22-21(24)27)15-16-10-11-18(29-16)23(2)3/h10-11,15H,4-9,12-14H2,1-3H3,(H,22,27)/b17-15+. The summed E-state index contributed by atoms with van der Waals surface area (Å²) in [5, 5.41) is 2.51. The van der Waals surface area contributed by atoms with E-state index in [0.29, 0.717) is 18.3 Å². The Labute approximate surface area is 171 Å². The molecule has 3 amide bonds. The molecule has 0 unspecified atom stereocenters. The fourth-order valence-electron chi connectivity index (χ4n) is 2.92. The van der Waals surface area contributed by atoms with E-state index in [0.717, 1.165) is 24.2 Å². The maximum Gasteiger partial charge on any atom is 0.329 e. The van der Waals surface area contributed by atoms with Gasteiger partial charge in [0, 0.05) is 32.8 Å². The lowest BCUT2D eigenvalue weighted by Crippen LogP contribution is -2.33. The summed E-state index contributed by atoms with van der Waals surface area (Å²) >= 11 is 0. The van der Waals surface area contributed by atoms with Gasteiger partial charge in [-0.15, -0.1) is 0 Å². The Morgan fingerprint density at radius 1 is 1.17 bits per heavy atom. The first-order valence-corrected chi connectivity index (χ1v) is 10.2. The summed E-state index contributed by atoms with van der Waals surface area (Å²) in [5.41, 5.74) is 0.120. The molecule has 0 saturated carbocycles. The van der Waals surface area contributed by atoms with E-state index in [1.807, 2.05) is 14.1 Å². The average molecular weight is 405 g/mol. The molecule has 8 heteroatoms. The van der Waals surface area contributed by atoms with Crippen molar-refractivity contribution in [3.8, 4) is 0 Å². The SMILES string of the molecule is CCCCCCCCOC(=O)CCN1C(=O)N/C(=C/c2ccc(N(C)C)o2)C1=O. The number of furan rings is 1. The van der Waals surface area contributed by atoms with Crippen molar-refractivity contribution in [2.24, 2.45) is 0 Å². The molecule has 1 fully saturated rings. The second kappa shape index (κ2) is 11.3. The molecule has 29 heavy (non-hydrogen) atoms. The molecule has 2 heterocycles. The maximum absolute atomic E-state index is 12.4. The van der Waals surface area contributed by atoms with Crippen LogP contribution >= 0.6 is 0 Å². The normalized spacial score (nSPS) is 15.1. The van der Waals surface area contributed by atoms with E-state index < -0.39 is 17.9 Å². The Balaban J connectivity index is 1.75. The van der Waals surface area contributed by atoms with Crippen LogP contribution in [0.15, 0.2) is 22.2 Å². The Kier molecular flexibility index (Phi) is 8.76. The smallest absolute Gasteiger partial charge is 0.329 e. The number of urea groups is 1. The molecule has 0 aliphatic carbocycles. The molecule has 1 aromatic rings. The van der Waals surface area contributed by atoms with Crippen molar-refractivity contribution < 1.29 is 23.5 Å². The van der Waals surface area contributed by atoms with Gasteiger partial charge in [-0.25, -0.2) is 4.79 Å². The Morgan fingerprint density at radius 2 is 1.90 bits per heavy atom. The molecule has 1 aliphatic heterocycles. The molecular formula is C21H31N3O5. The summed E-state index contributed by atoms with van der Waals surface area (Å²) in [6.45, 7) is 2.53. The van der Waals surface area contributed by atoms with Crippen molar-refractivity contribution >= 4 is 29.9 Å². The van der Waals surface area contributed by atoms with Gasteiger partial charge in [-0.3, -0.25) is 14.5 Å². The van der Waals surface area contributed by atoms with E-state index in [9.17, 15) is 14.4 Å². The molecule has 2 rings (SSSR count). The molecule has 0 atom stereocenters. The summed E-state index contributed by atoms with van der Waals surface area (Å²) in [7, 11) is 3.68. The van der Waals surface area contributed by atoms with E-state index in [-0.39, 0.29) is 18.7 Å². The van der Waals surface area contributed by atoms with Gasteiger partial charge < -0.3 is 19.4 Å². The first-order chi connectivity index (χ1) is 13.9. The lowest BCUT2D eigenvalue weighted by Gasteiger charge is -2.11. The van der Waals surface area contributed by atoms with Crippen molar-refractivity contribution in [2.45, 2.75) is 51.9 Å². The largest absolute Gasteiger partial charge is 0.466 e. The van der Waals surface area contributed by atoms with Gasteiger partial charge >= 0.3 is 12.0 Å². The van der Waals surface area contributed by atoms with Gasteiger partial charge in [-0.1, -0.05) is 39.0 Å². The van der Waals surface area contributed by atoms with Crippen LogP contribution in [-0.4, -0.2) is 50.1 Å². The van der Waals surface area contributed by atoms with E-state index in [4.69, 9.17) is 9.15 Å². The Hall–Kier alpha value is -2.77. The Bertz CT molecular complexity index is 738. The fraction of sp³-hybridized carbons (Fsp3) is 0.571. The van der Waals surface area contributed by atoms with Crippen LogP contribution in [0.5, 0.6) is 0 Å². The molecular weight excluding hydrogens is 374 g/mol. The highest BCUT2D eigenvalue weighted by Crippen LogP contribution is 2.20. The molecule has 0 bridgehead atoms. The first kappa shape index (κ1) is 22.5. The van der Waals surface area contributed by atoms with Crippen LogP contribution in [0.4, 0.5) is 10.7 Å². The van der Waals surface area contributed by atoms with Gasteiger partial charge in [0.15, 0.2) is 5.88 Å². The third kappa shape index (κ3) is 6.96. The van der Waals surface area contributed by atoms with Crippen LogP contribution in [0, 0.1) is 0 Å².